The Kier molecular flexibility index (Phi) is 3.34. The molecule has 1 unspecified atom stereocenters. The Morgan fingerprint density at radius 3 is 2.56 bits per heavy atom. The van der Waals surface area contributed by atoms with Crippen LogP contribution in [0.3, 0.4) is 0 Å². The molecule has 1 aromatic carbocycles. The first-order valence-electron chi connectivity index (χ1n) is 5.78. The van der Waals surface area contributed by atoms with E-state index in [1.165, 1.54) is 11.1 Å². The highest BCUT2D eigenvalue weighted by molar-refractivity contribution is 5.49. The van der Waals surface area contributed by atoms with Crippen LogP contribution in [0.2, 0.25) is 0 Å². The van der Waals surface area contributed by atoms with Crippen molar-refractivity contribution >= 4 is 0 Å². The number of rotatable bonds is 3. The number of methoxy groups -OCH3 is 2. The standard InChI is InChI=1S/C13H19NO2/c1-4-11-10-8-13(16-3)12(15-2)7-9(10)5-6-14-11/h7-8,11,14H,4-6H2,1-3H3. The third-order valence-corrected chi connectivity index (χ3v) is 3.21. The van der Waals surface area contributed by atoms with Gasteiger partial charge in [0.05, 0.1) is 14.2 Å². The van der Waals surface area contributed by atoms with Crippen LogP contribution in [0.4, 0.5) is 0 Å². The second-order valence-electron chi connectivity index (χ2n) is 4.07. The van der Waals surface area contributed by atoms with Crippen LogP contribution in [0, 0.1) is 0 Å². The molecule has 0 bridgehead atoms. The van der Waals surface area contributed by atoms with Gasteiger partial charge in [-0.05, 0) is 42.6 Å². The molecule has 0 saturated carbocycles. The number of hydrogen-bond donors (Lipinski definition) is 1. The monoisotopic (exact) mass is 221 g/mol. The molecule has 0 amide bonds. The van der Waals surface area contributed by atoms with Crippen molar-refractivity contribution in [3.05, 3.63) is 23.3 Å². The predicted octanol–water partition coefficient (Wildman–Crippen LogP) is 2.30. The van der Waals surface area contributed by atoms with Crippen LogP contribution >= 0.6 is 0 Å². The van der Waals surface area contributed by atoms with E-state index in [-0.39, 0.29) is 0 Å². The van der Waals surface area contributed by atoms with Gasteiger partial charge in [0.25, 0.3) is 0 Å². The van der Waals surface area contributed by atoms with Crippen molar-refractivity contribution in [3.8, 4) is 11.5 Å². The Morgan fingerprint density at radius 2 is 1.94 bits per heavy atom. The number of ether oxygens (including phenoxy) is 2. The maximum atomic E-state index is 5.34. The highest BCUT2D eigenvalue weighted by atomic mass is 16.5. The molecule has 0 aromatic heterocycles. The van der Waals surface area contributed by atoms with Crippen LogP contribution in [0.15, 0.2) is 12.1 Å². The Bertz CT molecular complexity index is 376. The molecule has 3 heteroatoms. The lowest BCUT2D eigenvalue weighted by Gasteiger charge is -2.27. The van der Waals surface area contributed by atoms with E-state index in [4.69, 9.17) is 9.47 Å². The minimum Gasteiger partial charge on any atom is -0.493 e. The van der Waals surface area contributed by atoms with Gasteiger partial charge in [0, 0.05) is 6.04 Å². The fourth-order valence-corrected chi connectivity index (χ4v) is 2.33. The van der Waals surface area contributed by atoms with E-state index in [9.17, 15) is 0 Å². The Labute approximate surface area is 96.8 Å². The Morgan fingerprint density at radius 1 is 1.25 bits per heavy atom. The number of fused-ring (bicyclic) bond motifs is 1. The predicted molar refractivity (Wildman–Crippen MR) is 64.3 cm³/mol. The molecule has 1 aliphatic heterocycles. The van der Waals surface area contributed by atoms with Gasteiger partial charge in [0.2, 0.25) is 0 Å². The summed E-state index contributed by atoms with van der Waals surface area (Å²) in [6, 6.07) is 4.66. The van der Waals surface area contributed by atoms with E-state index in [1.807, 2.05) is 0 Å². The van der Waals surface area contributed by atoms with Crippen molar-refractivity contribution < 1.29 is 9.47 Å². The van der Waals surface area contributed by atoms with Gasteiger partial charge >= 0.3 is 0 Å². The topological polar surface area (TPSA) is 30.5 Å². The summed E-state index contributed by atoms with van der Waals surface area (Å²) in [5.74, 6) is 1.65. The van der Waals surface area contributed by atoms with Gasteiger partial charge in [-0.25, -0.2) is 0 Å². The van der Waals surface area contributed by atoms with Crippen LogP contribution in [0.1, 0.15) is 30.5 Å². The van der Waals surface area contributed by atoms with E-state index < -0.39 is 0 Å². The zero-order valence-corrected chi connectivity index (χ0v) is 10.2. The minimum atomic E-state index is 0.448. The van der Waals surface area contributed by atoms with E-state index in [0.717, 1.165) is 30.9 Å². The van der Waals surface area contributed by atoms with Crippen molar-refractivity contribution in [1.82, 2.24) is 5.32 Å². The van der Waals surface area contributed by atoms with Crippen LogP contribution in [-0.2, 0) is 6.42 Å². The summed E-state index contributed by atoms with van der Waals surface area (Å²) in [6.07, 6.45) is 2.16. The molecule has 1 heterocycles. The van der Waals surface area contributed by atoms with Gasteiger partial charge < -0.3 is 14.8 Å². The van der Waals surface area contributed by atoms with E-state index in [0.29, 0.717) is 6.04 Å². The molecule has 1 aromatic rings. The lowest BCUT2D eigenvalue weighted by atomic mass is 9.92. The highest BCUT2D eigenvalue weighted by Gasteiger charge is 2.20. The minimum absolute atomic E-state index is 0.448. The summed E-state index contributed by atoms with van der Waals surface area (Å²) in [5.41, 5.74) is 2.73. The van der Waals surface area contributed by atoms with Gasteiger partial charge in [-0.2, -0.15) is 0 Å². The molecule has 0 radical (unpaired) electrons. The molecule has 1 N–H and O–H groups in total. The average Bonchev–Trinajstić information content (AvgIpc) is 2.36. The summed E-state index contributed by atoms with van der Waals surface area (Å²) in [6.45, 7) is 3.24. The summed E-state index contributed by atoms with van der Waals surface area (Å²) in [4.78, 5) is 0. The van der Waals surface area contributed by atoms with Crippen LogP contribution < -0.4 is 14.8 Å². The first kappa shape index (κ1) is 11.3. The van der Waals surface area contributed by atoms with Crippen LogP contribution in [0.25, 0.3) is 0 Å². The van der Waals surface area contributed by atoms with Crippen molar-refractivity contribution in [1.29, 1.82) is 0 Å². The van der Waals surface area contributed by atoms with Crippen molar-refractivity contribution in [2.45, 2.75) is 25.8 Å². The SMILES string of the molecule is CCC1NCCc2cc(OC)c(OC)cc21. The fourth-order valence-electron chi connectivity index (χ4n) is 2.33. The fraction of sp³-hybridized carbons (Fsp3) is 0.538. The van der Waals surface area contributed by atoms with E-state index >= 15 is 0 Å². The molecule has 1 atom stereocenters. The van der Waals surface area contributed by atoms with Gasteiger partial charge in [-0.15, -0.1) is 0 Å². The van der Waals surface area contributed by atoms with Gasteiger partial charge in [-0.3, -0.25) is 0 Å². The maximum Gasteiger partial charge on any atom is 0.161 e. The molecular weight excluding hydrogens is 202 g/mol. The third-order valence-electron chi connectivity index (χ3n) is 3.21. The lowest BCUT2D eigenvalue weighted by molar-refractivity contribution is 0.352. The molecule has 3 nitrogen and oxygen atoms in total. The summed E-state index contributed by atoms with van der Waals surface area (Å²) in [5, 5.41) is 3.52. The van der Waals surface area contributed by atoms with E-state index in [1.54, 1.807) is 14.2 Å². The van der Waals surface area contributed by atoms with Crippen LogP contribution in [-0.4, -0.2) is 20.8 Å². The quantitative estimate of drug-likeness (QED) is 0.849. The summed E-state index contributed by atoms with van der Waals surface area (Å²) >= 11 is 0. The molecule has 0 spiro atoms. The smallest absolute Gasteiger partial charge is 0.161 e. The molecule has 0 saturated heterocycles. The maximum absolute atomic E-state index is 5.34. The number of hydrogen-bond acceptors (Lipinski definition) is 3. The second kappa shape index (κ2) is 4.74. The van der Waals surface area contributed by atoms with E-state index in [2.05, 4.69) is 24.4 Å². The van der Waals surface area contributed by atoms with Crippen LogP contribution in [0.5, 0.6) is 11.5 Å². The number of benzene rings is 1. The molecule has 0 aliphatic carbocycles. The molecule has 88 valence electrons. The Balaban J connectivity index is 2.46. The molecule has 0 fully saturated rings. The summed E-state index contributed by atoms with van der Waals surface area (Å²) in [7, 11) is 3.37. The zero-order chi connectivity index (χ0) is 11.5. The van der Waals surface area contributed by atoms with Gasteiger partial charge in [-0.1, -0.05) is 6.92 Å². The molecular formula is C13H19NO2. The molecule has 2 rings (SSSR count). The van der Waals surface area contributed by atoms with Crippen molar-refractivity contribution in [3.63, 3.8) is 0 Å². The second-order valence-corrected chi connectivity index (χ2v) is 4.07. The number of nitrogens with one attached hydrogen (secondary N) is 1. The zero-order valence-electron chi connectivity index (χ0n) is 10.2. The molecule has 1 aliphatic rings. The first-order chi connectivity index (χ1) is 7.80. The lowest BCUT2D eigenvalue weighted by Crippen LogP contribution is -2.29. The highest BCUT2D eigenvalue weighted by Crippen LogP contribution is 2.35. The first-order valence-corrected chi connectivity index (χ1v) is 5.78. The van der Waals surface area contributed by atoms with Gasteiger partial charge in [0.1, 0.15) is 0 Å². The van der Waals surface area contributed by atoms with Crippen molar-refractivity contribution in [2.24, 2.45) is 0 Å². The van der Waals surface area contributed by atoms with Gasteiger partial charge in [0.15, 0.2) is 11.5 Å². The summed E-state index contributed by atoms with van der Waals surface area (Å²) < 4.78 is 10.7. The normalized spacial score (nSPS) is 19.1. The van der Waals surface area contributed by atoms with Crippen molar-refractivity contribution in [2.75, 3.05) is 20.8 Å². The Hall–Kier alpha value is -1.22. The average molecular weight is 221 g/mol. The molecule has 16 heavy (non-hydrogen) atoms. The largest absolute Gasteiger partial charge is 0.493 e. The third kappa shape index (κ3) is 1.87.